The molecule has 0 fully saturated rings. The van der Waals surface area contributed by atoms with Gasteiger partial charge in [0.25, 0.3) is 0 Å². The van der Waals surface area contributed by atoms with Crippen LogP contribution in [0.1, 0.15) is 32.3 Å². The predicted molar refractivity (Wildman–Crippen MR) is 65.2 cm³/mol. The second-order valence-corrected chi connectivity index (χ2v) is 5.07. The molecule has 0 aliphatic heterocycles. The van der Waals surface area contributed by atoms with Crippen molar-refractivity contribution in [2.24, 2.45) is 5.41 Å². The molecule has 0 spiro atoms. The molecule has 0 heterocycles. The summed E-state index contributed by atoms with van der Waals surface area (Å²) < 4.78 is 13.5. The van der Waals surface area contributed by atoms with E-state index < -0.39 is 0 Å². The average molecular weight is 245 g/mol. The first-order valence-corrected chi connectivity index (χ1v) is 5.93. The Hall–Kier alpha value is -0.600. The van der Waals surface area contributed by atoms with E-state index >= 15 is 0 Å². The smallest absolute Gasteiger partial charge is 0.126 e. The minimum atomic E-state index is -0.264. The van der Waals surface area contributed by atoms with E-state index in [1.54, 1.807) is 6.07 Å². The number of hydrogen-bond donors (Lipinski definition) is 1. The van der Waals surface area contributed by atoms with Crippen LogP contribution < -0.4 is 0 Å². The third kappa shape index (κ3) is 3.46. The highest BCUT2D eigenvalue weighted by atomic mass is 35.5. The molecule has 1 aromatic carbocycles. The molecular formula is C13H18ClFO. The van der Waals surface area contributed by atoms with Gasteiger partial charge < -0.3 is 5.11 Å². The predicted octanol–water partition coefficient (Wildman–Crippen LogP) is 3.82. The van der Waals surface area contributed by atoms with Gasteiger partial charge in [-0.15, -0.1) is 0 Å². The van der Waals surface area contributed by atoms with E-state index in [4.69, 9.17) is 11.6 Å². The molecule has 1 nitrogen and oxygen atoms in total. The zero-order valence-corrected chi connectivity index (χ0v) is 10.5. The first-order valence-electron chi connectivity index (χ1n) is 5.55. The third-order valence-electron chi connectivity index (χ3n) is 2.86. The van der Waals surface area contributed by atoms with Crippen LogP contribution in [-0.2, 0) is 6.42 Å². The molecule has 16 heavy (non-hydrogen) atoms. The summed E-state index contributed by atoms with van der Waals surface area (Å²) in [7, 11) is 0. The lowest BCUT2D eigenvalue weighted by molar-refractivity contribution is 0.130. The van der Waals surface area contributed by atoms with Gasteiger partial charge in [-0.25, -0.2) is 4.39 Å². The number of halogens is 2. The summed E-state index contributed by atoms with van der Waals surface area (Å²) in [4.78, 5) is 0. The Labute approximate surface area is 101 Å². The minimum absolute atomic E-state index is 0.0623. The van der Waals surface area contributed by atoms with Gasteiger partial charge in [-0.2, -0.15) is 0 Å². The first-order chi connectivity index (χ1) is 7.50. The molecule has 1 rings (SSSR count). The second-order valence-electron chi connectivity index (χ2n) is 4.63. The van der Waals surface area contributed by atoms with Crippen LogP contribution in [0.15, 0.2) is 18.2 Å². The number of rotatable bonds is 5. The van der Waals surface area contributed by atoms with Crippen LogP contribution in [0.25, 0.3) is 0 Å². The van der Waals surface area contributed by atoms with Crippen molar-refractivity contribution in [3.8, 4) is 0 Å². The van der Waals surface area contributed by atoms with Crippen molar-refractivity contribution >= 4 is 11.6 Å². The van der Waals surface area contributed by atoms with E-state index in [9.17, 15) is 9.50 Å². The summed E-state index contributed by atoms with van der Waals surface area (Å²) in [6, 6.07) is 4.55. The monoisotopic (exact) mass is 244 g/mol. The van der Waals surface area contributed by atoms with E-state index in [1.807, 2.05) is 6.92 Å². The normalized spacial score (nSPS) is 14.8. The molecule has 90 valence electrons. The SMILES string of the molecule is CCCC(C)(CO)Cc1cc(Cl)ccc1F. The van der Waals surface area contributed by atoms with Crippen molar-refractivity contribution in [2.45, 2.75) is 33.1 Å². The van der Waals surface area contributed by atoms with Gasteiger partial charge in [-0.1, -0.05) is 31.9 Å². The zero-order chi connectivity index (χ0) is 12.2. The van der Waals surface area contributed by atoms with E-state index in [1.165, 1.54) is 12.1 Å². The third-order valence-corrected chi connectivity index (χ3v) is 3.10. The van der Waals surface area contributed by atoms with Crippen molar-refractivity contribution in [1.29, 1.82) is 0 Å². The highest BCUT2D eigenvalue weighted by Gasteiger charge is 2.24. The highest BCUT2D eigenvalue weighted by molar-refractivity contribution is 6.30. The Morgan fingerprint density at radius 2 is 2.12 bits per heavy atom. The number of benzene rings is 1. The summed E-state index contributed by atoms with van der Waals surface area (Å²) >= 11 is 5.84. The molecule has 0 radical (unpaired) electrons. The molecule has 0 saturated carbocycles. The molecule has 0 aromatic heterocycles. The Kier molecular flexibility index (Phi) is 4.75. The van der Waals surface area contributed by atoms with Gasteiger partial charge in [-0.3, -0.25) is 0 Å². The largest absolute Gasteiger partial charge is 0.396 e. The van der Waals surface area contributed by atoms with Crippen LogP contribution in [0, 0.1) is 11.2 Å². The van der Waals surface area contributed by atoms with E-state index in [0.29, 0.717) is 17.0 Å². The fourth-order valence-electron chi connectivity index (χ4n) is 1.97. The molecule has 1 unspecified atom stereocenters. The molecule has 3 heteroatoms. The van der Waals surface area contributed by atoms with Gasteiger partial charge in [0.05, 0.1) is 0 Å². The van der Waals surface area contributed by atoms with Gasteiger partial charge in [0.15, 0.2) is 0 Å². The van der Waals surface area contributed by atoms with Crippen molar-refractivity contribution in [3.63, 3.8) is 0 Å². The topological polar surface area (TPSA) is 20.2 Å². The van der Waals surface area contributed by atoms with E-state index in [2.05, 4.69) is 6.92 Å². The lowest BCUT2D eigenvalue weighted by atomic mass is 9.80. The maximum Gasteiger partial charge on any atom is 0.126 e. The molecule has 0 aliphatic rings. The molecule has 1 atom stereocenters. The number of aliphatic hydroxyl groups excluding tert-OH is 1. The Morgan fingerprint density at radius 3 is 2.69 bits per heavy atom. The van der Waals surface area contributed by atoms with Crippen LogP contribution in [0.3, 0.4) is 0 Å². The van der Waals surface area contributed by atoms with Crippen LogP contribution in [0.2, 0.25) is 5.02 Å². The summed E-state index contributed by atoms with van der Waals surface area (Å²) in [6.45, 7) is 4.09. The number of hydrogen-bond acceptors (Lipinski definition) is 1. The maximum atomic E-state index is 13.5. The Balaban J connectivity index is 2.89. The van der Waals surface area contributed by atoms with Crippen molar-refractivity contribution < 1.29 is 9.50 Å². The summed E-state index contributed by atoms with van der Waals surface area (Å²) in [5.74, 6) is -0.250. The fraction of sp³-hybridized carbons (Fsp3) is 0.538. The summed E-state index contributed by atoms with van der Waals surface area (Å²) in [6.07, 6.45) is 2.36. The lowest BCUT2D eigenvalue weighted by Gasteiger charge is -2.27. The van der Waals surface area contributed by atoms with Gasteiger partial charge in [0, 0.05) is 11.6 Å². The van der Waals surface area contributed by atoms with Crippen molar-refractivity contribution in [2.75, 3.05) is 6.61 Å². The van der Waals surface area contributed by atoms with Crippen molar-refractivity contribution in [3.05, 3.63) is 34.6 Å². The van der Waals surface area contributed by atoms with Crippen LogP contribution >= 0.6 is 11.6 Å². The van der Waals surface area contributed by atoms with Gasteiger partial charge in [0.1, 0.15) is 5.82 Å². The van der Waals surface area contributed by atoms with Crippen LogP contribution in [0.5, 0.6) is 0 Å². The van der Waals surface area contributed by atoms with Gasteiger partial charge >= 0.3 is 0 Å². The summed E-state index contributed by atoms with van der Waals surface area (Å²) in [5.41, 5.74) is 0.317. The van der Waals surface area contributed by atoms with Gasteiger partial charge in [-0.05, 0) is 42.0 Å². The lowest BCUT2D eigenvalue weighted by Crippen LogP contribution is -2.24. The maximum absolute atomic E-state index is 13.5. The Morgan fingerprint density at radius 1 is 1.44 bits per heavy atom. The van der Waals surface area contributed by atoms with Crippen LogP contribution in [0.4, 0.5) is 4.39 Å². The standard InChI is InChI=1S/C13H18ClFO/c1-3-6-13(2,9-16)8-10-7-11(14)4-5-12(10)15/h4-5,7,16H,3,6,8-9H2,1-2H3. The van der Waals surface area contributed by atoms with Crippen molar-refractivity contribution in [1.82, 2.24) is 0 Å². The molecule has 0 bridgehead atoms. The fourth-order valence-corrected chi connectivity index (χ4v) is 2.16. The molecule has 1 N–H and O–H groups in total. The van der Waals surface area contributed by atoms with E-state index in [-0.39, 0.29) is 17.8 Å². The van der Waals surface area contributed by atoms with E-state index in [0.717, 1.165) is 12.8 Å². The second kappa shape index (κ2) is 5.65. The quantitative estimate of drug-likeness (QED) is 0.835. The molecular weight excluding hydrogens is 227 g/mol. The molecule has 0 amide bonds. The first kappa shape index (κ1) is 13.5. The average Bonchev–Trinajstić information content (AvgIpc) is 2.24. The Bertz CT molecular complexity index is 354. The molecule has 1 aromatic rings. The summed E-state index contributed by atoms with van der Waals surface area (Å²) in [5, 5.41) is 9.92. The number of aliphatic hydroxyl groups is 1. The highest BCUT2D eigenvalue weighted by Crippen LogP contribution is 2.29. The molecule has 0 aliphatic carbocycles. The minimum Gasteiger partial charge on any atom is -0.396 e. The van der Waals surface area contributed by atoms with Crippen LogP contribution in [-0.4, -0.2) is 11.7 Å². The van der Waals surface area contributed by atoms with Gasteiger partial charge in [0.2, 0.25) is 0 Å². The zero-order valence-electron chi connectivity index (χ0n) is 9.76. The molecule has 0 saturated heterocycles.